The molecule has 1 N–H and O–H groups in total. The number of urea groups is 1. The number of benzene rings is 1. The fourth-order valence-corrected chi connectivity index (χ4v) is 5.09. The van der Waals surface area contributed by atoms with Gasteiger partial charge in [-0.3, -0.25) is 14.6 Å². The Kier molecular flexibility index (Phi) is 7.82. The molecule has 0 aliphatic carbocycles. The topological polar surface area (TPSA) is 82.2 Å². The third-order valence-electron chi connectivity index (χ3n) is 6.29. The fraction of sp³-hybridized carbons (Fsp3) is 0.400. The number of thiophene rings is 1. The van der Waals surface area contributed by atoms with E-state index < -0.39 is 12.0 Å². The molecule has 186 valence electrons. The molecule has 8 nitrogen and oxygen atoms in total. The molecule has 10 heteroatoms. The fourth-order valence-electron chi connectivity index (χ4n) is 4.41. The van der Waals surface area contributed by atoms with Crippen molar-refractivity contribution in [1.29, 1.82) is 0 Å². The molecule has 4 rings (SSSR count). The molecule has 2 aliphatic heterocycles. The standard InChI is InChI=1S/C25H29FN4O4S/c1-3-34-24(32)21-20(28(2)25(33)27-22(21)18-9-14-35-16-18)15-29-10-4-11-30(13-12-29)23(31)17-5-7-19(26)8-6-17/h5-9,14,16,22H,3-4,10-13,15H2,1-2H3,(H,27,33). The van der Waals surface area contributed by atoms with E-state index in [1.807, 2.05) is 16.8 Å². The Labute approximate surface area is 207 Å². The maximum atomic E-state index is 13.2. The second-order valence-electron chi connectivity index (χ2n) is 8.51. The van der Waals surface area contributed by atoms with E-state index in [4.69, 9.17) is 4.74 Å². The monoisotopic (exact) mass is 500 g/mol. The number of nitrogens with one attached hydrogen (secondary N) is 1. The lowest BCUT2D eigenvalue weighted by Gasteiger charge is -2.36. The molecular formula is C25H29FN4O4S. The zero-order valence-corrected chi connectivity index (χ0v) is 20.6. The van der Waals surface area contributed by atoms with Crippen molar-refractivity contribution in [3.05, 3.63) is 69.3 Å². The summed E-state index contributed by atoms with van der Waals surface area (Å²) in [6, 6.07) is 6.59. The van der Waals surface area contributed by atoms with Crippen LogP contribution in [-0.4, -0.2) is 79.0 Å². The lowest BCUT2D eigenvalue weighted by Crippen LogP contribution is -2.49. The summed E-state index contributed by atoms with van der Waals surface area (Å²) in [6.45, 7) is 4.69. The summed E-state index contributed by atoms with van der Waals surface area (Å²) in [5, 5.41) is 6.74. The molecule has 1 saturated heterocycles. The summed E-state index contributed by atoms with van der Waals surface area (Å²) in [5.74, 6) is -0.964. The smallest absolute Gasteiger partial charge is 0.338 e. The molecule has 0 radical (unpaired) electrons. The number of halogens is 1. The van der Waals surface area contributed by atoms with E-state index in [1.54, 1.807) is 18.9 Å². The molecular weight excluding hydrogens is 471 g/mol. The summed E-state index contributed by atoms with van der Waals surface area (Å²) in [6.07, 6.45) is 0.735. The summed E-state index contributed by atoms with van der Waals surface area (Å²) < 4.78 is 18.6. The molecule has 35 heavy (non-hydrogen) atoms. The lowest BCUT2D eigenvalue weighted by atomic mass is 9.96. The van der Waals surface area contributed by atoms with Crippen LogP contribution in [-0.2, 0) is 9.53 Å². The van der Waals surface area contributed by atoms with Crippen molar-refractivity contribution in [1.82, 2.24) is 20.0 Å². The second-order valence-corrected chi connectivity index (χ2v) is 9.29. The Morgan fingerprint density at radius 2 is 1.91 bits per heavy atom. The molecule has 1 unspecified atom stereocenters. The van der Waals surface area contributed by atoms with Crippen molar-refractivity contribution in [2.24, 2.45) is 0 Å². The van der Waals surface area contributed by atoms with Gasteiger partial charge >= 0.3 is 12.0 Å². The van der Waals surface area contributed by atoms with Crippen LogP contribution in [0, 0.1) is 5.82 Å². The minimum Gasteiger partial charge on any atom is -0.463 e. The predicted molar refractivity (Wildman–Crippen MR) is 130 cm³/mol. The van der Waals surface area contributed by atoms with Gasteiger partial charge in [-0.1, -0.05) is 0 Å². The van der Waals surface area contributed by atoms with Crippen LogP contribution in [0.2, 0.25) is 0 Å². The highest BCUT2D eigenvalue weighted by atomic mass is 32.1. The summed E-state index contributed by atoms with van der Waals surface area (Å²) in [7, 11) is 1.65. The molecule has 2 aliphatic rings. The second kappa shape index (κ2) is 11.0. The van der Waals surface area contributed by atoms with Gasteiger partial charge in [0.2, 0.25) is 0 Å². The van der Waals surface area contributed by atoms with Gasteiger partial charge in [-0.05, 0) is 60.0 Å². The Morgan fingerprint density at radius 3 is 2.60 bits per heavy atom. The summed E-state index contributed by atoms with van der Waals surface area (Å²) in [5.41, 5.74) is 2.32. The van der Waals surface area contributed by atoms with Gasteiger partial charge in [-0.25, -0.2) is 14.0 Å². The molecule has 3 heterocycles. The number of hydrogen-bond donors (Lipinski definition) is 1. The first-order valence-corrected chi connectivity index (χ1v) is 12.6. The number of carbonyl (C=O) groups is 3. The van der Waals surface area contributed by atoms with E-state index in [0.29, 0.717) is 49.6 Å². The first kappa shape index (κ1) is 24.9. The Balaban J connectivity index is 1.55. The summed E-state index contributed by atoms with van der Waals surface area (Å²) in [4.78, 5) is 44.1. The van der Waals surface area contributed by atoms with Crippen molar-refractivity contribution in [2.45, 2.75) is 19.4 Å². The van der Waals surface area contributed by atoms with Gasteiger partial charge < -0.3 is 15.0 Å². The molecule has 0 bridgehead atoms. The maximum absolute atomic E-state index is 13.2. The van der Waals surface area contributed by atoms with E-state index in [-0.39, 0.29) is 24.4 Å². The van der Waals surface area contributed by atoms with E-state index in [0.717, 1.165) is 12.0 Å². The number of hydrogen-bond acceptors (Lipinski definition) is 6. The molecule has 1 aromatic carbocycles. The van der Waals surface area contributed by atoms with Crippen LogP contribution in [0.15, 0.2) is 52.4 Å². The first-order chi connectivity index (χ1) is 16.9. The van der Waals surface area contributed by atoms with Gasteiger partial charge in [-0.2, -0.15) is 11.3 Å². The Hall–Kier alpha value is -3.24. The van der Waals surface area contributed by atoms with Crippen LogP contribution in [0.1, 0.15) is 35.3 Å². The Bertz CT molecular complexity index is 1100. The van der Waals surface area contributed by atoms with Crippen LogP contribution in [0.4, 0.5) is 9.18 Å². The molecule has 1 fully saturated rings. The van der Waals surface area contributed by atoms with Gasteiger partial charge in [0.05, 0.1) is 18.2 Å². The lowest BCUT2D eigenvalue weighted by molar-refractivity contribution is -0.139. The number of ether oxygens (including phenoxy) is 1. The van der Waals surface area contributed by atoms with Gasteiger partial charge in [0.1, 0.15) is 5.82 Å². The Morgan fingerprint density at radius 1 is 1.14 bits per heavy atom. The quantitative estimate of drug-likeness (QED) is 0.616. The van der Waals surface area contributed by atoms with E-state index in [9.17, 15) is 18.8 Å². The predicted octanol–water partition coefficient (Wildman–Crippen LogP) is 3.25. The third-order valence-corrected chi connectivity index (χ3v) is 6.99. The number of likely N-dealkylation sites (N-methyl/N-ethyl adjacent to an activating group) is 1. The van der Waals surface area contributed by atoms with Gasteiger partial charge in [-0.15, -0.1) is 0 Å². The van der Waals surface area contributed by atoms with Gasteiger partial charge in [0.25, 0.3) is 5.91 Å². The highest BCUT2D eigenvalue weighted by Crippen LogP contribution is 2.32. The minimum atomic E-state index is -0.581. The van der Waals surface area contributed by atoms with Crippen LogP contribution < -0.4 is 5.32 Å². The maximum Gasteiger partial charge on any atom is 0.338 e. The third kappa shape index (κ3) is 5.54. The normalized spacial score (nSPS) is 19.4. The van der Waals surface area contributed by atoms with E-state index >= 15 is 0 Å². The molecule has 0 spiro atoms. The molecule has 1 atom stereocenters. The molecule has 2 aromatic rings. The number of nitrogens with zero attached hydrogens (tertiary/aromatic N) is 3. The number of carbonyl (C=O) groups excluding carboxylic acids is 3. The average molecular weight is 501 g/mol. The minimum absolute atomic E-state index is 0.134. The molecule has 3 amide bonds. The van der Waals surface area contributed by atoms with Gasteiger partial charge in [0, 0.05) is 51.0 Å². The van der Waals surface area contributed by atoms with Crippen molar-refractivity contribution >= 4 is 29.2 Å². The van der Waals surface area contributed by atoms with Gasteiger partial charge in [0.15, 0.2) is 0 Å². The highest BCUT2D eigenvalue weighted by molar-refractivity contribution is 7.08. The van der Waals surface area contributed by atoms with Crippen LogP contribution >= 0.6 is 11.3 Å². The van der Waals surface area contributed by atoms with E-state index in [1.165, 1.54) is 40.5 Å². The molecule has 0 saturated carbocycles. The highest BCUT2D eigenvalue weighted by Gasteiger charge is 2.37. The largest absolute Gasteiger partial charge is 0.463 e. The zero-order valence-electron chi connectivity index (χ0n) is 19.8. The average Bonchev–Trinajstić information content (AvgIpc) is 3.28. The zero-order chi connectivity index (χ0) is 24.9. The van der Waals surface area contributed by atoms with Crippen molar-refractivity contribution in [3.63, 3.8) is 0 Å². The SMILES string of the molecule is CCOC(=O)C1=C(CN2CCCN(C(=O)c3ccc(F)cc3)CC2)N(C)C(=O)NC1c1ccsc1. The van der Waals surface area contributed by atoms with Crippen molar-refractivity contribution in [2.75, 3.05) is 46.4 Å². The number of rotatable bonds is 6. The number of esters is 1. The van der Waals surface area contributed by atoms with Crippen molar-refractivity contribution < 1.29 is 23.5 Å². The van der Waals surface area contributed by atoms with Crippen LogP contribution in [0.5, 0.6) is 0 Å². The van der Waals surface area contributed by atoms with E-state index in [2.05, 4.69) is 10.2 Å². The first-order valence-electron chi connectivity index (χ1n) is 11.6. The van der Waals surface area contributed by atoms with Crippen LogP contribution in [0.25, 0.3) is 0 Å². The summed E-state index contributed by atoms with van der Waals surface area (Å²) >= 11 is 1.50. The number of amides is 3. The van der Waals surface area contributed by atoms with Crippen LogP contribution in [0.3, 0.4) is 0 Å². The van der Waals surface area contributed by atoms with Crippen molar-refractivity contribution in [3.8, 4) is 0 Å². The molecule has 1 aromatic heterocycles.